The molecule has 14 nitrogen and oxygen atoms in total. The third-order valence-electron chi connectivity index (χ3n) is 12.7. The van der Waals surface area contributed by atoms with Gasteiger partial charge in [0.15, 0.2) is 0 Å². The molecule has 1 aromatic carbocycles. The van der Waals surface area contributed by atoms with Gasteiger partial charge in [-0.05, 0) is 74.1 Å². The fourth-order valence-electron chi connectivity index (χ4n) is 9.78. The van der Waals surface area contributed by atoms with Crippen molar-refractivity contribution in [2.75, 3.05) is 66.4 Å². The van der Waals surface area contributed by atoms with Crippen molar-refractivity contribution < 1.29 is 53.4 Å². The van der Waals surface area contributed by atoms with Crippen LogP contribution in [-0.2, 0) is 19.0 Å². The molecule has 0 aromatic heterocycles. The molecule has 1 saturated carbocycles. The van der Waals surface area contributed by atoms with Crippen LogP contribution in [0.1, 0.15) is 134 Å². The van der Waals surface area contributed by atoms with Crippen molar-refractivity contribution >= 4 is 17.9 Å². The Labute approximate surface area is 382 Å². The van der Waals surface area contributed by atoms with Crippen LogP contribution >= 0.6 is 0 Å². The predicted octanol–water partition coefficient (Wildman–Crippen LogP) is 8.98. The molecule has 64 heavy (non-hydrogen) atoms. The highest BCUT2D eigenvalue weighted by atomic mass is 16.7. The van der Waals surface area contributed by atoms with Crippen molar-refractivity contribution in [3.8, 4) is 11.5 Å². The molecule has 1 heterocycles. The Bertz CT molecular complexity index is 1620. The van der Waals surface area contributed by atoms with E-state index in [0.29, 0.717) is 43.0 Å². The van der Waals surface area contributed by atoms with Crippen LogP contribution in [0, 0.1) is 17.8 Å². The maximum atomic E-state index is 14.3. The summed E-state index contributed by atoms with van der Waals surface area (Å²) < 4.78 is 31.7. The van der Waals surface area contributed by atoms with E-state index >= 15 is 0 Å². The summed E-state index contributed by atoms with van der Waals surface area (Å²) in [5, 5.41) is 36.8. The standard InChI is InChI=1S/C50H79N3O11/c1-5-8-10-11-12-13-14-15-16-19-26-51-48(57)63-39-24-25-44-42(36-39)46-40(23-18-21-29-55)38(22-17-20-28-54)35-41-43(52-59-4)37-45(50(64-44,47(41)46)62-31-7-3)53(27-33-60-34-30-56)49(58)61-32-9-6-2/h6-7,24-25,35-36,38,40,45-47,54-56H,2-3,5,8-23,26-34,37H2,1,4H3,(H,51,57). The molecule has 360 valence electrons. The van der Waals surface area contributed by atoms with Crippen LogP contribution in [0.3, 0.4) is 0 Å². The molecule has 2 aliphatic carbocycles. The quantitative estimate of drug-likeness (QED) is 0.0301. The van der Waals surface area contributed by atoms with Crippen molar-refractivity contribution in [1.82, 2.24) is 10.2 Å². The van der Waals surface area contributed by atoms with Gasteiger partial charge in [-0.2, -0.15) is 0 Å². The number of oxime groups is 1. The minimum atomic E-state index is -1.50. The first-order valence-corrected chi connectivity index (χ1v) is 24.1. The molecule has 0 saturated heterocycles. The highest BCUT2D eigenvalue weighted by molar-refractivity contribution is 6.03. The number of rotatable bonds is 33. The molecule has 4 rings (SSSR count). The number of hydrogen-bond acceptors (Lipinski definition) is 12. The first kappa shape index (κ1) is 52.7. The van der Waals surface area contributed by atoms with E-state index in [0.717, 1.165) is 56.1 Å². The molecule has 0 bridgehead atoms. The fourth-order valence-corrected chi connectivity index (χ4v) is 9.78. The monoisotopic (exact) mass is 898 g/mol. The highest BCUT2D eigenvalue weighted by Crippen LogP contribution is 2.62. The van der Waals surface area contributed by atoms with Gasteiger partial charge in [-0.3, -0.25) is 4.90 Å². The number of carbonyl (C=O) groups is 2. The number of benzene rings is 1. The van der Waals surface area contributed by atoms with Gasteiger partial charge >= 0.3 is 12.2 Å². The Kier molecular flexibility index (Phi) is 24.3. The summed E-state index contributed by atoms with van der Waals surface area (Å²) in [4.78, 5) is 34.6. The number of hydrogen-bond donors (Lipinski definition) is 4. The van der Waals surface area contributed by atoms with Gasteiger partial charge in [0.2, 0.25) is 5.79 Å². The molecular weight excluding hydrogens is 819 g/mol. The number of nitrogens with one attached hydrogen (secondary N) is 1. The minimum absolute atomic E-state index is 0.0165. The van der Waals surface area contributed by atoms with Crippen molar-refractivity contribution in [1.29, 1.82) is 0 Å². The first-order valence-electron chi connectivity index (χ1n) is 24.1. The maximum absolute atomic E-state index is 14.3. The normalized spacial score (nSPS) is 22.7. The van der Waals surface area contributed by atoms with Gasteiger partial charge in [0, 0.05) is 44.2 Å². The summed E-state index contributed by atoms with van der Waals surface area (Å²) in [5.41, 5.74) is 2.34. The molecule has 0 spiro atoms. The SMILES string of the molecule is C=CCCOC(=O)N(CCOCCO)C1CC(=NOC)C2=CC(CCCCO)C(CCCCO)C3c4cc(OC(=O)NCCCCCCCCCCCC)ccc4OC1(OCC=C)C23. The van der Waals surface area contributed by atoms with Crippen molar-refractivity contribution in [2.24, 2.45) is 22.9 Å². The Morgan fingerprint density at radius 1 is 0.906 bits per heavy atom. The average molecular weight is 898 g/mol. The number of unbranched alkanes of at least 4 members (excludes halogenated alkanes) is 11. The van der Waals surface area contributed by atoms with Crippen molar-refractivity contribution in [3.63, 3.8) is 0 Å². The van der Waals surface area contributed by atoms with E-state index < -0.39 is 29.9 Å². The number of amides is 2. The van der Waals surface area contributed by atoms with E-state index in [1.54, 1.807) is 23.1 Å². The van der Waals surface area contributed by atoms with Gasteiger partial charge in [-0.25, -0.2) is 9.59 Å². The molecule has 0 radical (unpaired) electrons. The number of allylic oxidation sites excluding steroid dienone is 1. The molecule has 1 aromatic rings. The summed E-state index contributed by atoms with van der Waals surface area (Å²) in [6.45, 7) is 11.0. The maximum Gasteiger partial charge on any atom is 0.412 e. The number of aliphatic hydroxyl groups is 3. The van der Waals surface area contributed by atoms with Crippen molar-refractivity contribution in [3.05, 3.63) is 60.7 Å². The van der Waals surface area contributed by atoms with Crippen LogP contribution < -0.4 is 14.8 Å². The van der Waals surface area contributed by atoms with Gasteiger partial charge in [0.05, 0.1) is 44.7 Å². The number of ether oxygens (including phenoxy) is 5. The molecule has 14 heteroatoms. The molecule has 3 aliphatic rings. The van der Waals surface area contributed by atoms with Gasteiger partial charge < -0.3 is 49.2 Å². The summed E-state index contributed by atoms with van der Waals surface area (Å²) in [6, 6.07) is 4.61. The first-order chi connectivity index (χ1) is 31.3. The van der Waals surface area contributed by atoms with Crippen LogP contribution in [0.15, 0.2) is 60.3 Å². The summed E-state index contributed by atoms with van der Waals surface area (Å²) >= 11 is 0. The zero-order chi connectivity index (χ0) is 46.0. The van der Waals surface area contributed by atoms with Crippen molar-refractivity contribution in [2.45, 2.75) is 140 Å². The van der Waals surface area contributed by atoms with E-state index in [4.69, 9.17) is 28.5 Å². The topological polar surface area (TPSA) is 178 Å². The number of carbonyl (C=O) groups excluding carboxylic acids is 2. The molecule has 6 unspecified atom stereocenters. The van der Waals surface area contributed by atoms with Gasteiger partial charge in [-0.1, -0.05) is 101 Å². The second kappa shape index (κ2) is 29.6. The summed E-state index contributed by atoms with van der Waals surface area (Å²) in [7, 11) is 1.50. The van der Waals surface area contributed by atoms with Crippen LogP contribution in [0.2, 0.25) is 0 Å². The largest absolute Gasteiger partial charge is 0.459 e. The van der Waals surface area contributed by atoms with Gasteiger partial charge in [-0.15, -0.1) is 13.2 Å². The van der Waals surface area contributed by atoms with Gasteiger partial charge in [0.25, 0.3) is 0 Å². The lowest BCUT2D eigenvalue weighted by atomic mass is 9.55. The third-order valence-corrected chi connectivity index (χ3v) is 12.7. The number of nitrogens with zero attached hydrogens (tertiary/aromatic N) is 2. The zero-order valence-corrected chi connectivity index (χ0v) is 38.9. The van der Waals surface area contributed by atoms with Crippen LogP contribution in [0.4, 0.5) is 9.59 Å². The zero-order valence-electron chi connectivity index (χ0n) is 38.9. The average Bonchev–Trinajstić information content (AvgIpc) is 3.29. The molecule has 1 fully saturated rings. The lowest BCUT2D eigenvalue weighted by molar-refractivity contribution is -0.256. The van der Waals surface area contributed by atoms with E-state index in [1.807, 2.05) is 12.1 Å². The Hall–Kier alpha value is -3.95. The lowest BCUT2D eigenvalue weighted by Gasteiger charge is -2.59. The minimum Gasteiger partial charge on any atom is -0.459 e. The summed E-state index contributed by atoms with van der Waals surface area (Å²) in [5.74, 6) is -1.45. The van der Waals surface area contributed by atoms with Crippen LogP contribution in [0.25, 0.3) is 0 Å². The predicted molar refractivity (Wildman–Crippen MR) is 249 cm³/mol. The highest BCUT2D eigenvalue weighted by Gasteiger charge is 2.65. The van der Waals surface area contributed by atoms with E-state index in [-0.39, 0.29) is 77.0 Å². The molecule has 4 N–H and O–H groups in total. The number of aliphatic hydroxyl groups excluding tert-OH is 3. The Balaban J connectivity index is 1.76. The Morgan fingerprint density at radius 3 is 2.30 bits per heavy atom. The summed E-state index contributed by atoms with van der Waals surface area (Å²) in [6.07, 6.45) is 21.5. The smallest absolute Gasteiger partial charge is 0.412 e. The molecule has 2 amide bonds. The third kappa shape index (κ3) is 15.0. The second-order valence-electron chi connectivity index (χ2n) is 17.2. The molecule has 6 atom stereocenters. The van der Waals surface area contributed by atoms with E-state index in [2.05, 4.69) is 36.6 Å². The Morgan fingerprint density at radius 2 is 1.62 bits per heavy atom. The fraction of sp³-hybridized carbons (Fsp3) is 0.700. The van der Waals surface area contributed by atoms with Crippen LogP contribution in [0.5, 0.6) is 11.5 Å². The number of fused-ring (bicyclic) bond motifs is 2. The second-order valence-corrected chi connectivity index (χ2v) is 17.2. The van der Waals surface area contributed by atoms with Crippen LogP contribution in [-0.4, -0.2) is 116 Å². The van der Waals surface area contributed by atoms with Gasteiger partial charge in [0.1, 0.15) is 24.7 Å². The lowest BCUT2D eigenvalue weighted by Crippen LogP contribution is -2.70. The molecular formula is C50H79N3O11. The molecule has 1 aliphatic heterocycles. The van der Waals surface area contributed by atoms with E-state index in [1.165, 1.54) is 52.1 Å². The van der Waals surface area contributed by atoms with E-state index in [9.17, 15) is 24.9 Å².